The predicted molar refractivity (Wildman–Crippen MR) is 69.2 cm³/mol. The van der Waals surface area contributed by atoms with Crippen LogP contribution in [-0.2, 0) is 0 Å². The van der Waals surface area contributed by atoms with Gasteiger partial charge in [-0.25, -0.2) is 4.98 Å². The summed E-state index contributed by atoms with van der Waals surface area (Å²) in [6, 6.07) is 7.98. The minimum Gasteiger partial charge on any atom is -0.308 e. The fraction of sp³-hybridized carbons (Fsp3) is 0.250. The average Bonchev–Trinajstić information content (AvgIpc) is 2.66. The van der Waals surface area contributed by atoms with Crippen LogP contribution in [0.5, 0.6) is 0 Å². The summed E-state index contributed by atoms with van der Waals surface area (Å²) in [7, 11) is 1.93. The van der Waals surface area contributed by atoms with Gasteiger partial charge in [0.1, 0.15) is 0 Å². The zero-order valence-corrected chi connectivity index (χ0v) is 10.8. The van der Waals surface area contributed by atoms with Crippen molar-refractivity contribution in [1.82, 2.24) is 10.3 Å². The molecule has 0 aliphatic heterocycles. The molecule has 1 aromatic carbocycles. The van der Waals surface area contributed by atoms with E-state index in [1.165, 1.54) is 0 Å². The number of benzene rings is 1. The van der Waals surface area contributed by atoms with E-state index in [4.69, 9.17) is 11.6 Å². The third kappa shape index (κ3) is 2.43. The van der Waals surface area contributed by atoms with Gasteiger partial charge in [-0.15, -0.1) is 11.3 Å². The molecule has 0 saturated carbocycles. The maximum Gasteiger partial charge on any atom is 0.0898 e. The van der Waals surface area contributed by atoms with Gasteiger partial charge in [0.05, 0.1) is 16.7 Å². The fourth-order valence-corrected chi connectivity index (χ4v) is 2.52. The molecule has 1 aromatic heterocycles. The summed E-state index contributed by atoms with van der Waals surface area (Å²) in [5, 5.41) is 7.18. The molecule has 2 nitrogen and oxygen atoms in total. The Balaban J connectivity index is 2.36. The number of hydrogen-bond donors (Lipinski definition) is 1. The SMILES string of the molecule is CNC(c1cccc(Cl)c1)c1csc(C)n1. The standard InChI is InChI=1S/C12H13ClN2S/c1-8-15-11(7-16-8)12(14-2)9-4-3-5-10(13)6-9/h3-7,12,14H,1-2H3. The van der Waals surface area contributed by atoms with Crippen molar-refractivity contribution in [2.45, 2.75) is 13.0 Å². The van der Waals surface area contributed by atoms with Gasteiger partial charge in [0.2, 0.25) is 0 Å². The lowest BCUT2D eigenvalue weighted by Crippen LogP contribution is -2.17. The van der Waals surface area contributed by atoms with Gasteiger partial charge in [0, 0.05) is 10.4 Å². The van der Waals surface area contributed by atoms with Crippen molar-refractivity contribution >= 4 is 22.9 Å². The Hall–Kier alpha value is -0.900. The van der Waals surface area contributed by atoms with E-state index in [0.717, 1.165) is 21.3 Å². The molecule has 1 N–H and O–H groups in total. The van der Waals surface area contributed by atoms with Crippen LogP contribution in [0, 0.1) is 6.92 Å². The highest BCUT2D eigenvalue weighted by Gasteiger charge is 2.14. The molecule has 0 saturated heterocycles. The molecule has 4 heteroatoms. The van der Waals surface area contributed by atoms with Crippen molar-refractivity contribution < 1.29 is 0 Å². The number of nitrogens with one attached hydrogen (secondary N) is 1. The molecule has 1 heterocycles. The van der Waals surface area contributed by atoms with Crippen molar-refractivity contribution in [3.63, 3.8) is 0 Å². The monoisotopic (exact) mass is 252 g/mol. The molecule has 2 aromatic rings. The molecule has 2 rings (SSSR count). The van der Waals surface area contributed by atoms with Gasteiger partial charge in [-0.2, -0.15) is 0 Å². The summed E-state index contributed by atoms with van der Waals surface area (Å²) in [5.74, 6) is 0. The van der Waals surface area contributed by atoms with Crippen LogP contribution in [0.4, 0.5) is 0 Å². The van der Waals surface area contributed by atoms with Crippen molar-refractivity contribution in [2.75, 3.05) is 7.05 Å². The number of nitrogens with zero attached hydrogens (tertiary/aromatic N) is 1. The first-order chi connectivity index (χ1) is 7.70. The molecule has 0 aliphatic carbocycles. The maximum atomic E-state index is 5.99. The van der Waals surface area contributed by atoms with Crippen LogP contribution in [0.3, 0.4) is 0 Å². The topological polar surface area (TPSA) is 24.9 Å². The van der Waals surface area contributed by atoms with Crippen LogP contribution in [0.1, 0.15) is 22.3 Å². The minimum absolute atomic E-state index is 0.114. The Bertz CT molecular complexity index is 481. The summed E-state index contributed by atoms with van der Waals surface area (Å²) in [6.45, 7) is 2.01. The molecule has 0 spiro atoms. The van der Waals surface area contributed by atoms with Gasteiger partial charge in [0.25, 0.3) is 0 Å². The largest absolute Gasteiger partial charge is 0.308 e. The van der Waals surface area contributed by atoms with Crippen molar-refractivity contribution in [3.8, 4) is 0 Å². The Morgan fingerprint density at radius 2 is 2.25 bits per heavy atom. The Labute approximate surface area is 104 Å². The first-order valence-electron chi connectivity index (χ1n) is 5.05. The van der Waals surface area contributed by atoms with E-state index >= 15 is 0 Å². The van der Waals surface area contributed by atoms with E-state index in [-0.39, 0.29) is 6.04 Å². The van der Waals surface area contributed by atoms with E-state index in [2.05, 4.69) is 21.7 Å². The Kier molecular flexibility index (Phi) is 3.59. The number of aromatic nitrogens is 1. The lowest BCUT2D eigenvalue weighted by Gasteiger charge is -2.14. The van der Waals surface area contributed by atoms with Gasteiger partial charge in [-0.3, -0.25) is 0 Å². The number of halogens is 1. The Morgan fingerprint density at radius 3 is 2.81 bits per heavy atom. The summed E-state index contributed by atoms with van der Waals surface area (Å²) in [5.41, 5.74) is 2.19. The van der Waals surface area contributed by atoms with E-state index in [1.807, 2.05) is 32.2 Å². The highest BCUT2D eigenvalue weighted by atomic mass is 35.5. The molecule has 0 amide bonds. The van der Waals surface area contributed by atoms with Crippen LogP contribution in [0.25, 0.3) is 0 Å². The van der Waals surface area contributed by atoms with E-state index in [9.17, 15) is 0 Å². The Morgan fingerprint density at radius 1 is 1.44 bits per heavy atom. The molecule has 0 aliphatic rings. The highest BCUT2D eigenvalue weighted by molar-refractivity contribution is 7.09. The summed E-state index contributed by atoms with van der Waals surface area (Å²) >= 11 is 7.66. The second-order valence-electron chi connectivity index (χ2n) is 3.57. The average molecular weight is 253 g/mol. The molecule has 0 radical (unpaired) electrons. The lowest BCUT2D eigenvalue weighted by molar-refractivity contribution is 0.674. The van der Waals surface area contributed by atoms with Crippen molar-refractivity contribution in [2.24, 2.45) is 0 Å². The summed E-state index contributed by atoms with van der Waals surface area (Å²) < 4.78 is 0. The molecular weight excluding hydrogens is 240 g/mol. The number of hydrogen-bond acceptors (Lipinski definition) is 3. The quantitative estimate of drug-likeness (QED) is 0.906. The summed E-state index contributed by atoms with van der Waals surface area (Å²) in [4.78, 5) is 4.50. The maximum absolute atomic E-state index is 5.99. The van der Waals surface area contributed by atoms with Gasteiger partial charge in [-0.1, -0.05) is 23.7 Å². The van der Waals surface area contributed by atoms with E-state index in [1.54, 1.807) is 11.3 Å². The molecule has 0 fully saturated rings. The molecule has 1 atom stereocenters. The molecular formula is C12H13ClN2S. The lowest BCUT2D eigenvalue weighted by atomic mass is 10.1. The highest BCUT2D eigenvalue weighted by Crippen LogP contribution is 2.24. The van der Waals surface area contributed by atoms with Gasteiger partial charge in [0.15, 0.2) is 0 Å². The number of thiazole rings is 1. The van der Waals surface area contributed by atoms with Crippen LogP contribution in [0.2, 0.25) is 5.02 Å². The van der Waals surface area contributed by atoms with Crippen LogP contribution in [0.15, 0.2) is 29.6 Å². The smallest absolute Gasteiger partial charge is 0.0898 e. The van der Waals surface area contributed by atoms with Gasteiger partial charge in [-0.05, 0) is 31.7 Å². The molecule has 0 bridgehead atoms. The van der Waals surface area contributed by atoms with Crippen LogP contribution >= 0.6 is 22.9 Å². The number of aryl methyl sites for hydroxylation is 1. The van der Waals surface area contributed by atoms with E-state index < -0.39 is 0 Å². The molecule has 16 heavy (non-hydrogen) atoms. The first kappa shape index (κ1) is 11.6. The van der Waals surface area contributed by atoms with Crippen LogP contribution < -0.4 is 5.32 Å². The molecule has 84 valence electrons. The third-order valence-corrected chi connectivity index (χ3v) is 3.43. The van der Waals surface area contributed by atoms with Crippen molar-refractivity contribution in [3.05, 3.63) is 50.9 Å². The van der Waals surface area contributed by atoms with Crippen LogP contribution in [-0.4, -0.2) is 12.0 Å². The molecule has 1 unspecified atom stereocenters. The predicted octanol–water partition coefficient (Wildman–Crippen LogP) is 3.41. The zero-order chi connectivity index (χ0) is 11.5. The second kappa shape index (κ2) is 4.95. The normalized spacial score (nSPS) is 12.7. The fourth-order valence-electron chi connectivity index (χ4n) is 1.68. The first-order valence-corrected chi connectivity index (χ1v) is 6.31. The minimum atomic E-state index is 0.114. The third-order valence-electron chi connectivity index (χ3n) is 2.40. The van der Waals surface area contributed by atoms with E-state index in [0.29, 0.717) is 0 Å². The second-order valence-corrected chi connectivity index (χ2v) is 5.07. The van der Waals surface area contributed by atoms with Gasteiger partial charge < -0.3 is 5.32 Å². The zero-order valence-electron chi connectivity index (χ0n) is 9.20. The van der Waals surface area contributed by atoms with Crippen molar-refractivity contribution in [1.29, 1.82) is 0 Å². The van der Waals surface area contributed by atoms with Gasteiger partial charge >= 0.3 is 0 Å². The number of rotatable bonds is 3. The summed E-state index contributed by atoms with van der Waals surface area (Å²) in [6.07, 6.45) is 0.